The monoisotopic (exact) mass is 212 g/mol. The number of hydrogen-bond donors (Lipinski definition) is 0. The van der Waals surface area contributed by atoms with Crippen molar-refractivity contribution >= 4 is 33.2 Å². The summed E-state index contributed by atoms with van der Waals surface area (Å²) in [5.74, 6) is 0.860. The predicted octanol–water partition coefficient (Wildman–Crippen LogP) is 3.90. The van der Waals surface area contributed by atoms with Gasteiger partial charge in [0.15, 0.2) is 0 Å². The van der Waals surface area contributed by atoms with E-state index in [-0.39, 0.29) is 5.82 Å². The van der Waals surface area contributed by atoms with Crippen LogP contribution in [0.5, 0.6) is 0 Å². The van der Waals surface area contributed by atoms with E-state index in [4.69, 9.17) is 0 Å². The highest BCUT2D eigenvalue weighted by molar-refractivity contribution is 7.97. The fourth-order valence-corrected chi connectivity index (χ4v) is 2.97. The van der Waals surface area contributed by atoms with Crippen LogP contribution in [0.25, 0.3) is 10.1 Å². The minimum absolute atomic E-state index is 0.102. The fourth-order valence-electron chi connectivity index (χ4n) is 1.34. The molecule has 0 fully saturated rings. The minimum atomic E-state index is -0.102. The van der Waals surface area contributed by atoms with Gasteiger partial charge in [-0.1, -0.05) is 12.1 Å². The number of benzene rings is 1. The van der Waals surface area contributed by atoms with E-state index in [2.05, 4.69) is 6.26 Å². The van der Waals surface area contributed by atoms with E-state index in [0.29, 0.717) is 0 Å². The molecule has 0 aliphatic carbocycles. The third-order valence-corrected chi connectivity index (χ3v) is 3.58. The molecular weight excluding hydrogens is 203 g/mol. The average Bonchev–Trinajstić information content (AvgIpc) is 2.51. The summed E-state index contributed by atoms with van der Waals surface area (Å²) < 4.78 is 14.0. The first-order valence-electron chi connectivity index (χ1n) is 3.96. The van der Waals surface area contributed by atoms with Gasteiger partial charge >= 0.3 is 0 Å². The molecule has 13 heavy (non-hydrogen) atoms. The summed E-state index contributed by atoms with van der Waals surface area (Å²) >= 11 is 3.26. The van der Waals surface area contributed by atoms with Gasteiger partial charge in [-0.2, -0.15) is 11.8 Å². The number of thioether (sulfide) groups is 1. The summed E-state index contributed by atoms with van der Waals surface area (Å²) in [6, 6.07) is 5.27. The van der Waals surface area contributed by atoms with E-state index in [1.54, 1.807) is 17.8 Å². The standard InChI is InChI=1S/C10H9FS2/c1-12-5-7-6-13-10-8(7)3-2-4-9(10)11/h2-4,6H,5H2,1H3. The second kappa shape index (κ2) is 3.68. The molecule has 0 bridgehead atoms. The Morgan fingerprint density at radius 1 is 1.46 bits per heavy atom. The van der Waals surface area contributed by atoms with Crippen LogP contribution in [0.2, 0.25) is 0 Å². The molecule has 1 aromatic carbocycles. The maximum atomic E-state index is 13.2. The SMILES string of the molecule is CSCc1csc2c(F)cccc12. The lowest BCUT2D eigenvalue weighted by molar-refractivity contribution is 0.641. The Hall–Kier alpha value is -0.540. The molecule has 0 N–H and O–H groups in total. The Morgan fingerprint density at radius 3 is 3.08 bits per heavy atom. The van der Waals surface area contributed by atoms with Gasteiger partial charge in [-0.15, -0.1) is 11.3 Å². The van der Waals surface area contributed by atoms with Crippen LogP contribution in [0.3, 0.4) is 0 Å². The van der Waals surface area contributed by atoms with Crippen molar-refractivity contribution in [2.24, 2.45) is 0 Å². The highest BCUT2D eigenvalue weighted by Gasteiger charge is 2.06. The maximum absolute atomic E-state index is 13.2. The van der Waals surface area contributed by atoms with Crippen LogP contribution >= 0.6 is 23.1 Å². The number of hydrogen-bond acceptors (Lipinski definition) is 2. The zero-order valence-corrected chi connectivity index (χ0v) is 8.84. The molecule has 1 aromatic heterocycles. The molecule has 0 saturated heterocycles. The second-order valence-corrected chi connectivity index (χ2v) is 4.56. The summed E-state index contributed by atoms with van der Waals surface area (Å²) in [6.45, 7) is 0. The summed E-state index contributed by atoms with van der Waals surface area (Å²) in [5.41, 5.74) is 1.24. The van der Waals surface area contributed by atoms with Gasteiger partial charge in [0.1, 0.15) is 5.82 Å². The Morgan fingerprint density at radius 2 is 2.31 bits per heavy atom. The molecule has 0 saturated carbocycles. The molecule has 0 radical (unpaired) electrons. The lowest BCUT2D eigenvalue weighted by Gasteiger charge is -1.95. The molecule has 0 aliphatic rings. The van der Waals surface area contributed by atoms with E-state index >= 15 is 0 Å². The topological polar surface area (TPSA) is 0 Å². The summed E-state index contributed by atoms with van der Waals surface area (Å²) in [4.78, 5) is 0. The summed E-state index contributed by atoms with van der Waals surface area (Å²) in [5, 5.41) is 3.11. The van der Waals surface area contributed by atoms with Crippen molar-refractivity contribution in [1.29, 1.82) is 0 Å². The van der Waals surface area contributed by atoms with E-state index in [1.165, 1.54) is 23.0 Å². The van der Waals surface area contributed by atoms with Crippen LogP contribution in [-0.2, 0) is 5.75 Å². The van der Waals surface area contributed by atoms with E-state index in [0.717, 1.165) is 15.8 Å². The smallest absolute Gasteiger partial charge is 0.140 e. The van der Waals surface area contributed by atoms with Gasteiger partial charge in [-0.05, 0) is 28.7 Å². The third-order valence-electron chi connectivity index (χ3n) is 1.93. The molecule has 0 spiro atoms. The van der Waals surface area contributed by atoms with Gasteiger partial charge in [-0.3, -0.25) is 0 Å². The molecule has 0 nitrogen and oxygen atoms in total. The van der Waals surface area contributed by atoms with Gasteiger partial charge in [0.2, 0.25) is 0 Å². The lowest BCUT2D eigenvalue weighted by atomic mass is 10.2. The normalized spacial score (nSPS) is 10.9. The van der Waals surface area contributed by atoms with Crippen molar-refractivity contribution in [3.8, 4) is 0 Å². The van der Waals surface area contributed by atoms with Crippen molar-refractivity contribution in [3.63, 3.8) is 0 Å². The number of rotatable bonds is 2. The lowest BCUT2D eigenvalue weighted by Crippen LogP contribution is -1.77. The first-order chi connectivity index (χ1) is 6.33. The molecule has 68 valence electrons. The van der Waals surface area contributed by atoms with E-state index in [1.807, 2.05) is 11.4 Å². The molecule has 0 aliphatic heterocycles. The van der Waals surface area contributed by atoms with Crippen molar-refractivity contribution < 1.29 is 4.39 Å². The second-order valence-electron chi connectivity index (χ2n) is 2.81. The van der Waals surface area contributed by atoms with Gasteiger partial charge in [0, 0.05) is 5.75 Å². The highest BCUT2D eigenvalue weighted by Crippen LogP contribution is 2.29. The van der Waals surface area contributed by atoms with Crippen molar-refractivity contribution in [3.05, 3.63) is 35.0 Å². The number of fused-ring (bicyclic) bond motifs is 1. The molecule has 0 atom stereocenters. The molecule has 0 unspecified atom stereocenters. The van der Waals surface area contributed by atoms with Gasteiger partial charge in [0.25, 0.3) is 0 Å². The summed E-state index contributed by atoms with van der Waals surface area (Å²) in [7, 11) is 0. The van der Waals surface area contributed by atoms with Gasteiger partial charge < -0.3 is 0 Å². The van der Waals surface area contributed by atoms with Crippen LogP contribution in [0.15, 0.2) is 23.6 Å². The number of thiophene rings is 1. The predicted molar refractivity (Wildman–Crippen MR) is 59.0 cm³/mol. The summed E-state index contributed by atoms with van der Waals surface area (Å²) in [6.07, 6.45) is 2.06. The van der Waals surface area contributed by atoms with Gasteiger partial charge in [-0.25, -0.2) is 4.39 Å². The third kappa shape index (κ3) is 1.58. The van der Waals surface area contributed by atoms with Crippen molar-refractivity contribution in [1.82, 2.24) is 0 Å². The zero-order valence-electron chi connectivity index (χ0n) is 7.21. The largest absolute Gasteiger partial charge is 0.205 e. The molecule has 1 heterocycles. The highest BCUT2D eigenvalue weighted by atomic mass is 32.2. The van der Waals surface area contributed by atoms with Crippen LogP contribution in [0.1, 0.15) is 5.56 Å². The maximum Gasteiger partial charge on any atom is 0.140 e. The Balaban J connectivity index is 2.61. The van der Waals surface area contributed by atoms with E-state index < -0.39 is 0 Å². The molecule has 2 aromatic rings. The van der Waals surface area contributed by atoms with Crippen molar-refractivity contribution in [2.75, 3.05) is 6.26 Å². The molecule has 2 rings (SSSR count). The van der Waals surface area contributed by atoms with Crippen LogP contribution < -0.4 is 0 Å². The fraction of sp³-hybridized carbons (Fsp3) is 0.200. The molecule has 0 amide bonds. The van der Waals surface area contributed by atoms with Gasteiger partial charge in [0.05, 0.1) is 4.70 Å². The van der Waals surface area contributed by atoms with E-state index in [9.17, 15) is 4.39 Å². The minimum Gasteiger partial charge on any atom is -0.205 e. The first kappa shape index (κ1) is 9.03. The van der Waals surface area contributed by atoms with Crippen LogP contribution in [-0.4, -0.2) is 6.26 Å². The van der Waals surface area contributed by atoms with Crippen molar-refractivity contribution in [2.45, 2.75) is 5.75 Å². The Kier molecular flexibility index (Phi) is 2.56. The first-order valence-corrected chi connectivity index (χ1v) is 6.24. The zero-order chi connectivity index (χ0) is 9.26. The Labute approximate surface area is 84.8 Å². The Bertz CT molecular complexity index is 420. The quantitative estimate of drug-likeness (QED) is 0.727. The average molecular weight is 212 g/mol. The van der Waals surface area contributed by atoms with Crippen LogP contribution in [0, 0.1) is 5.82 Å². The van der Waals surface area contributed by atoms with Crippen LogP contribution in [0.4, 0.5) is 4.39 Å². The molecular formula is C10H9FS2. The molecule has 3 heteroatoms. The number of halogens is 1.